The summed E-state index contributed by atoms with van der Waals surface area (Å²) in [5.41, 5.74) is 0.892. The first-order valence-corrected chi connectivity index (χ1v) is 17.2. The van der Waals surface area contributed by atoms with Gasteiger partial charge in [0, 0.05) is 33.4 Å². The first-order chi connectivity index (χ1) is 27.7. The lowest BCUT2D eigenvalue weighted by Crippen LogP contribution is -2.31. The zero-order valence-electron chi connectivity index (χ0n) is 30.2. The molecule has 298 valence electrons. The number of benzene rings is 5. The molecule has 0 aliphatic rings. The van der Waals surface area contributed by atoms with Crippen molar-refractivity contribution in [1.29, 1.82) is 0 Å². The van der Waals surface area contributed by atoms with Crippen LogP contribution in [0.3, 0.4) is 0 Å². The predicted octanol–water partition coefficient (Wildman–Crippen LogP) is 2.41. The molecular weight excluding hydrogens is 760 g/mol. The number of carboxylic acids is 4. The third-order valence-corrected chi connectivity index (χ3v) is 8.38. The van der Waals surface area contributed by atoms with E-state index in [1.165, 1.54) is 36.4 Å². The molecule has 8 N–H and O–H groups in total. The van der Waals surface area contributed by atoms with Crippen molar-refractivity contribution in [2.24, 2.45) is 0 Å². The lowest BCUT2D eigenvalue weighted by atomic mass is 9.92. The Morgan fingerprint density at radius 2 is 0.638 bits per heavy atom. The van der Waals surface area contributed by atoms with Gasteiger partial charge in [0.25, 0.3) is 23.6 Å². The molecule has 5 aromatic rings. The molecule has 0 aliphatic heterocycles. The highest BCUT2D eigenvalue weighted by Gasteiger charge is 2.20. The fourth-order valence-electron chi connectivity index (χ4n) is 5.85. The van der Waals surface area contributed by atoms with E-state index in [2.05, 4.69) is 21.3 Å². The summed E-state index contributed by atoms with van der Waals surface area (Å²) in [6, 6.07) is 22.1. The van der Waals surface area contributed by atoms with Crippen LogP contribution < -0.4 is 30.7 Å². The van der Waals surface area contributed by atoms with Crippen molar-refractivity contribution in [2.45, 2.75) is 13.2 Å². The predicted molar refractivity (Wildman–Crippen MR) is 203 cm³/mol. The molecule has 5 rings (SSSR count). The van der Waals surface area contributed by atoms with Crippen molar-refractivity contribution < 1.29 is 68.3 Å². The maximum atomic E-state index is 12.8. The number of nitrogens with one attached hydrogen (secondary N) is 4. The van der Waals surface area contributed by atoms with Crippen LogP contribution >= 0.6 is 0 Å². The first-order valence-electron chi connectivity index (χ1n) is 17.2. The molecule has 4 amide bonds. The molecule has 18 nitrogen and oxygen atoms in total. The van der Waals surface area contributed by atoms with Gasteiger partial charge >= 0.3 is 23.9 Å². The molecule has 0 saturated heterocycles. The van der Waals surface area contributed by atoms with Crippen LogP contribution in [-0.2, 0) is 32.4 Å². The summed E-state index contributed by atoms with van der Waals surface area (Å²) in [5, 5.41) is 47.8. The molecule has 0 radical (unpaired) electrons. The molecule has 18 heteroatoms. The van der Waals surface area contributed by atoms with E-state index in [4.69, 9.17) is 29.9 Å². The number of carboxylic acid groups (broad SMARTS) is 4. The van der Waals surface area contributed by atoms with E-state index in [1.54, 1.807) is 24.3 Å². The monoisotopic (exact) mass is 794 g/mol. The van der Waals surface area contributed by atoms with Crippen LogP contribution in [0.5, 0.6) is 11.5 Å². The van der Waals surface area contributed by atoms with Crippen molar-refractivity contribution >= 4 is 69.1 Å². The van der Waals surface area contributed by atoms with Crippen LogP contribution in [0.25, 0.3) is 21.5 Å². The van der Waals surface area contributed by atoms with Crippen LogP contribution in [0.15, 0.2) is 84.9 Å². The number of ether oxygens (including phenoxy) is 2. The highest BCUT2D eigenvalue weighted by atomic mass is 16.5. The average Bonchev–Trinajstić information content (AvgIpc) is 3.20. The molecule has 0 aliphatic carbocycles. The zero-order valence-corrected chi connectivity index (χ0v) is 30.2. The molecular formula is C40H34N4O14. The van der Waals surface area contributed by atoms with Crippen LogP contribution in [0.4, 0.5) is 0 Å². The Hall–Kier alpha value is -8.02. The van der Waals surface area contributed by atoms with Crippen molar-refractivity contribution in [3.63, 3.8) is 0 Å². The van der Waals surface area contributed by atoms with E-state index < -0.39 is 73.7 Å². The molecule has 0 fully saturated rings. The molecule has 58 heavy (non-hydrogen) atoms. The number of hydrogen-bond acceptors (Lipinski definition) is 10. The largest absolute Gasteiger partial charge is 0.489 e. The second kappa shape index (κ2) is 18.5. The van der Waals surface area contributed by atoms with Gasteiger partial charge in [-0.05, 0) is 57.9 Å². The number of fused-ring (bicyclic) bond motifs is 2. The van der Waals surface area contributed by atoms with Gasteiger partial charge in [-0.3, -0.25) is 38.4 Å². The van der Waals surface area contributed by atoms with Crippen LogP contribution in [0.2, 0.25) is 0 Å². The number of carbonyl (C=O) groups is 8. The van der Waals surface area contributed by atoms with Gasteiger partial charge in [-0.15, -0.1) is 0 Å². The maximum absolute atomic E-state index is 12.8. The van der Waals surface area contributed by atoms with Gasteiger partial charge in [0.2, 0.25) is 0 Å². The van der Waals surface area contributed by atoms with E-state index in [0.717, 1.165) is 0 Å². The SMILES string of the molecule is O=C(O)CNC(=O)c1cc(OCc2c3ccccc3c(COc3cc(C(=O)NCC(=O)O)cc(C(=O)NCC(=O)O)c3)c3ccccc23)cc(C(=O)NCC(=O)O)c1. The minimum Gasteiger partial charge on any atom is -0.489 e. The smallest absolute Gasteiger partial charge is 0.322 e. The molecule has 0 bridgehead atoms. The van der Waals surface area contributed by atoms with Crippen molar-refractivity contribution in [1.82, 2.24) is 21.3 Å². The van der Waals surface area contributed by atoms with Gasteiger partial charge in [-0.2, -0.15) is 0 Å². The topological polar surface area (TPSA) is 284 Å². The third kappa shape index (κ3) is 10.6. The van der Waals surface area contributed by atoms with E-state index in [0.29, 0.717) is 32.7 Å². The molecule has 0 saturated carbocycles. The maximum Gasteiger partial charge on any atom is 0.322 e. The Balaban J connectivity index is 1.51. The van der Waals surface area contributed by atoms with Gasteiger partial charge in [-0.1, -0.05) is 48.5 Å². The summed E-state index contributed by atoms with van der Waals surface area (Å²) in [6.45, 7) is -3.02. The van der Waals surface area contributed by atoms with Crippen molar-refractivity contribution in [3.8, 4) is 11.5 Å². The zero-order chi connectivity index (χ0) is 41.9. The Bertz CT molecular complexity index is 2160. The molecule has 5 aromatic carbocycles. The van der Waals surface area contributed by atoms with Crippen LogP contribution in [0.1, 0.15) is 52.6 Å². The Kier molecular flexibility index (Phi) is 13.2. The van der Waals surface area contributed by atoms with E-state index in [9.17, 15) is 38.4 Å². The van der Waals surface area contributed by atoms with Crippen LogP contribution in [0, 0.1) is 0 Å². The number of hydrogen-bond donors (Lipinski definition) is 8. The summed E-state index contributed by atoms with van der Waals surface area (Å²) in [6.07, 6.45) is 0. The Morgan fingerprint density at radius 1 is 0.397 bits per heavy atom. The third-order valence-electron chi connectivity index (χ3n) is 8.38. The normalized spacial score (nSPS) is 10.6. The fourth-order valence-corrected chi connectivity index (χ4v) is 5.85. The van der Waals surface area contributed by atoms with E-state index >= 15 is 0 Å². The Labute approximate surface area is 327 Å². The van der Waals surface area contributed by atoms with E-state index in [1.807, 2.05) is 24.3 Å². The highest BCUT2D eigenvalue weighted by molar-refractivity contribution is 6.06. The quantitative estimate of drug-likeness (QED) is 0.0592. The fraction of sp³-hybridized carbons (Fsp3) is 0.150. The molecule has 0 heterocycles. The van der Waals surface area contributed by atoms with Crippen LogP contribution in [-0.4, -0.2) is 94.1 Å². The van der Waals surface area contributed by atoms with Crippen molar-refractivity contribution in [2.75, 3.05) is 26.2 Å². The summed E-state index contributed by atoms with van der Waals surface area (Å²) in [5.74, 6) is -8.39. The van der Waals surface area contributed by atoms with Gasteiger partial charge in [0.05, 0.1) is 0 Å². The standard InChI is InChI=1S/C40H34N4O14/c45-33(46)15-41-37(53)21-9-22(38(54)42-16-34(47)48)12-25(11-21)57-19-31-27-5-1-2-6-28(27)32(30-8-4-3-7-29(30)31)20-58-26-13-23(39(55)43-17-35(49)50)10-24(14-26)40(56)44-18-36(51)52/h1-14H,15-20H2,(H,41,53)(H,42,54)(H,43,55)(H,44,56)(H,45,46)(H,47,48)(H,49,50)(H,51,52). The number of carbonyl (C=O) groups excluding carboxylic acids is 4. The minimum absolute atomic E-state index is 0.0412. The second-order valence-electron chi connectivity index (χ2n) is 12.4. The lowest BCUT2D eigenvalue weighted by molar-refractivity contribution is -0.136. The summed E-state index contributed by atoms with van der Waals surface area (Å²) >= 11 is 0. The van der Waals surface area contributed by atoms with Gasteiger partial charge in [0.1, 0.15) is 50.9 Å². The van der Waals surface area contributed by atoms with Gasteiger partial charge in [-0.25, -0.2) is 0 Å². The molecule has 0 aromatic heterocycles. The minimum atomic E-state index is -1.30. The van der Waals surface area contributed by atoms with Gasteiger partial charge < -0.3 is 51.2 Å². The highest BCUT2D eigenvalue weighted by Crippen LogP contribution is 2.35. The van der Waals surface area contributed by atoms with Gasteiger partial charge in [0.15, 0.2) is 0 Å². The van der Waals surface area contributed by atoms with Crippen molar-refractivity contribution in [3.05, 3.63) is 118 Å². The molecule has 0 unspecified atom stereocenters. The van der Waals surface area contributed by atoms with E-state index in [-0.39, 0.29) is 47.0 Å². The Morgan fingerprint density at radius 3 is 0.862 bits per heavy atom. The first kappa shape index (κ1) is 41.1. The summed E-state index contributed by atoms with van der Waals surface area (Å²) < 4.78 is 12.4. The summed E-state index contributed by atoms with van der Waals surface area (Å²) in [7, 11) is 0. The second-order valence-corrected chi connectivity index (χ2v) is 12.4. The number of aliphatic carboxylic acids is 4. The molecule has 0 spiro atoms. The number of amides is 4. The average molecular weight is 795 g/mol. The summed E-state index contributed by atoms with van der Waals surface area (Å²) in [4.78, 5) is 95.6. The number of rotatable bonds is 18. The molecule has 0 atom stereocenters. The lowest BCUT2D eigenvalue weighted by Gasteiger charge is -2.19.